The van der Waals surface area contributed by atoms with E-state index in [2.05, 4.69) is 41.3 Å². The molecule has 4 heteroatoms. The van der Waals surface area contributed by atoms with Gasteiger partial charge in [0, 0.05) is 23.3 Å². The number of hydrogen-bond donors (Lipinski definition) is 1. The molecule has 5 rings (SSSR count). The van der Waals surface area contributed by atoms with Gasteiger partial charge in [-0.15, -0.1) is 0 Å². The van der Waals surface area contributed by atoms with Crippen LogP contribution in [0, 0.1) is 11.3 Å². The fourth-order valence-electron chi connectivity index (χ4n) is 4.73. The lowest BCUT2D eigenvalue weighted by Crippen LogP contribution is -2.28. The van der Waals surface area contributed by atoms with Crippen LogP contribution in [0.25, 0.3) is 6.08 Å². The summed E-state index contributed by atoms with van der Waals surface area (Å²) in [5.74, 6) is -0.979. The SMILES string of the molecule is N#C/C(=C\c1ccc2c(c1)C1c3ccccc3CC1N2c1ccccc1)C(=O)O. The predicted octanol–water partition coefficient (Wildman–Crippen LogP) is 4.89. The highest BCUT2D eigenvalue weighted by Gasteiger charge is 2.44. The summed E-state index contributed by atoms with van der Waals surface area (Å²) in [4.78, 5) is 13.7. The molecule has 0 spiro atoms. The number of anilines is 2. The summed E-state index contributed by atoms with van der Waals surface area (Å²) in [6, 6.07) is 26.9. The van der Waals surface area contributed by atoms with Crippen molar-refractivity contribution in [1.82, 2.24) is 0 Å². The molecule has 140 valence electrons. The molecule has 0 radical (unpaired) electrons. The summed E-state index contributed by atoms with van der Waals surface area (Å²) in [7, 11) is 0. The maximum Gasteiger partial charge on any atom is 0.346 e. The van der Waals surface area contributed by atoms with Crippen LogP contribution in [0.2, 0.25) is 0 Å². The number of nitrogens with zero attached hydrogens (tertiary/aromatic N) is 2. The van der Waals surface area contributed by atoms with Crippen molar-refractivity contribution < 1.29 is 9.90 Å². The van der Waals surface area contributed by atoms with E-state index in [0.717, 1.165) is 23.4 Å². The van der Waals surface area contributed by atoms with E-state index in [9.17, 15) is 9.90 Å². The molecule has 1 aliphatic carbocycles. The van der Waals surface area contributed by atoms with Crippen LogP contribution in [0.3, 0.4) is 0 Å². The molecule has 1 aliphatic heterocycles. The summed E-state index contributed by atoms with van der Waals surface area (Å²) in [5.41, 5.74) is 6.65. The fourth-order valence-corrected chi connectivity index (χ4v) is 4.73. The average molecular weight is 378 g/mol. The number of rotatable bonds is 3. The van der Waals surface area contributed by atoms with Crippen LogP contribution < -0.4 is 4.90 Å². The van der Waals surface area contributed by atoms with Gasteiger partial charge in [0.1, 0.15) is 11.6 Å². The van der Waals surface area contributed by atoms with Crippen LogP contribution in [0.1, 0.15) is 28.2 Å². The molecule has 0 aromatic heterocycles. The zero-order chi connectivity index (χ0) is 20.0. The molecule has 0 amide bonds. The van der Waals surface area contributed by atoms with Crippen LogP contribution in [0.5, 0.6) is 0 Å². The fraction of sp³-hybridized carbons (Fsp3) is 0.120. The van der Waals surface area contributed by atoms with Gasteiger partial charge >= 0.3 is 5.97 Å². The number of fused-ring (bicyclic) bond motifs is 5. The van der Waals surface area contributed by atoms with Crippen molar-refractivity contribution in [3.05, 3.63) is 101 Å². The van der Waals surface area contributed by atoms with Crippen molar-refractivity contribution in [2.75, 3.05) is 4.90 Å². The minimum atomic E-state index is -1.21. The molecule has 2 aliphatic rings. The summed E-state index contributed by atoms with van der Waals surface area (Å²) < 4.78 is 0. The number of aliphatic carboxylic acids is 1. The van der Waals surface area contributed by atoms with Crippen LogP contribution in [0.15, 0.2) is 78.4 Å². The number of nitriles is 1. The second-order valence-electron chi connectivity index (χ2n) is 7.45. The third-order valence-corrected chi connectivity index (χ3v) is 5.88. The third kappa shape index (κ3) is 2.71. The maximum atomic E-state index is 11.3. The Bertz CT molecular complexity index is 1190. The lowest BCUT2D eigenvalue weighted by molar-refractivity contribution is -0.132. The van der Waals surface area contributed by atoms with Gasteiger partial charge in [-0.1, -0.05) is 48.5 Å². The minimum absolute atomic E-state index is 0.227. The van der Waals surface area contributed by atoms with Gasteiger partial charge in [0.05, 0.1) is 0 Å². The first-order chi connectivity index (χ1) is 14.2. The van der Waals surface area contributed by atoms with Gasteiger partial charge < -0.3 is 10.0 Å². The quantitative estimate of drug-likeness (QED) is 0.521. The van der Waals surface area contributed by atoms with Crippen LogP contribution in [-0.4, -0.2) is 17.1 Å². The number of carbonyl (C=O) groups is 1. The van der Waals surface area contributed by atoms with E-state index >= 15 is 0 Å². The maximum absolute atomic E-state index is 11.3. The molecule has 3 aromatic carbocycles. The van der Waals surface area contributed by atoms with E-state index in [0.29, 0.717) is 6.04 Å². The number of benzene rings is 3. The molecule has 3 aromatic rings. The first-order valence-electron chi connectivity index (χ1n) is 9.58. The molecule has 4 nitrogen and oxygen atoms in total. The highest BCUT2D eigenvalue weighted by molar-refractivity contribution is 5.96. The van der Waals surface area contributed by atoms with E-state index in [4.69, 9.17) is 5.26 Å². The lowest BCUT2D eigenvalue weighted by Gasteiger charge is -2.27. The molecule has 0 saturated carbocycles. The van der Waals surface area contributed by atoms with E-state index in [1.165, 1.54) is 22.8 Å². The van der Waals surface area contributed by atoms with Gasteiger partial charge in [0.15, 0.2) is 0 Å². The molecule has 1 heterocycles. The molecule has 2 unspecified atom stereocenters. The van der Waals surface area contributed by atoms with Crippen molar-refractivity contribution in [3.63, 3.8) is 0 Å². The zero-order valence-electron chi connectivity index (χ0n) is 15.6. The molecule has 0 bridgehead atoms. The Morgan fingerprint density at radius 3 is 2.55 bits per heavy atom. The van der Waals surface area contributed by atoms with Gasteiger partial charge in [0.2, 0.25) is 0 Å². The van der Waals surface area contributed by atoms with Crippen molar-refractivity contribution in [2.45, 2.75) is 18.4 Å². The first kappa shape index (κ1) is 17.3. The molecule has 2 atom stereocenters. The number of carboxylic acid groups (broad SMARTS) is 1. The molecule has 0 fully saturated rings. The van der Waals surface area contributed by atoms with Gasteiger partial charge in [-0.05, 0) is 59.0 Å². The van der Waals surface area contributed by atoms with Crippen molar-refractivity contribution in [3.8, 4) is 6.07 Å². The van der Waals surface area contributed by atoms with Crippen LogP contribution in [-0.2, 0) is 11.2 Å². The van der Waals surface area contributed by atoms with E-state index in [-0.39, 0.29) is 11.5 Å². The normalized spacial score (nSPS) is 19.3. The van der Waals surface area contributed by atoms with Gasteiger partial charge in [-0.25, -0.2) is 4.79 Å². The summed E-state index contributed by atoms with van der Waals surface area (Å²) in [6.07, 6.45) is 2.41. The van der Waals surface area contributed by atoms with Crippen molar-refractivity contribution in [2.24, 2.45) is 0 Å². The Morgan fingerprint density at radius 1 is 1.03 bits per heavy atom. The van der Waals surface area contributed by atoms with E-state index < -0.39 is 5.97 Å². The summed E-state index contributed by atoms with van der Waals surface area (Å²) in [5, 5.41) is 18.3. The number of hydrogen-bond acceptors (Lipinski definition) is 3. The second-order valence-corrected chi connectivity index (χ2v) is 7.45. The summed E-state index contributed by atoms with van der Waals surface area (Å²) >= 11 is 0. The zero-order valence-corrected chi connectivity index (χ0v) is 15.6. The topological polar surface area (TPSA) is 64.3 Å². The van der Waals surface area contributed by atoms with Crippen molar-refractivity contribution >= 4 is 23.4 Å². The Kier molecular flexibility index (Phi) is 3.96. The minimum Gasteiger partial charge on any atom is -0.477 e. The van der Waals surface area contributed by atoms with Crippen LogP contribution in [0.4, 0.5) is 11.4 Å². The molecule has 1 N–H and O–H groups in total. The Balaban J connectivity index is 1.68. The lowest BCUT2D eigenvalue weighted by atomic mass is 9.91. The summed E-state index contributed by atoms with van der Waals surface area (Å²) in [6.45, 7) is 0. The van der Waals surface area contributed by atoms with Gasteiger partial charge in [-0.3, -0.25) is 0 Å². The molecule has 0 saturated heterocycles. The number of para-hydroxylation sites is 1. The number of carboxylic acids is 1. The Labute approximate surface area is 169 Å². The Morgan fingerprint density at radius 2 is 1.79 bits per heavy atom. The Hall–Kier alpha value is -3.84. The monoisotopic (exact) mass is 378 g/mol. The van der Waals surface area contributed by atoms with E-state index in [1.54, 1.807) is 6.07 Å². The highest BCUT2D eigenvalue weighted by atomic mass is 16.4. The van der Waals surface area contributed by atoms with E-state index in [1.807, 2.05) is 36.4 Å². The molecular weight excluding hydrogens is 360 g/mol. The largest absolute Gasteiger partial charge is 0.477 e. The van der Waals surface area contributed by atoms with Crippen LogP contribution >= 0.6 is 0 Å². The molecular formula is C25H18N2O2. The highest BCUT2D eigenvalue weighted by Crippen LogP contribution is 2.53. The smallest absolute Gasteiger partial charge is 0.346 e. The van der Waals surface area contributed by atoms with Crippen molar-refractivity contribution in [1.29, 1.82) is 5.26 Å². The third-order valence-electron chi connectivity index (χ3n) is 5.88. The first-order valence-corrected chi connectivity index (χ1v) is 9.58. The van der Waals surface area contributed by atoms with Gasteiger partial charge in [-0.2, -0.15) is 5.26 Å². The standard InChI is InChI=1S/C25H18N2O2/c26-15-18(25(28)29)12-16-10-11-22-21(13-16)24-20-9-5-4-6-17(20)14-23(24)27(22)19-7-2-1-3-8-19/h1-13,23-24H,14H2,(H,28,29)/b18-12+. The van der Waals surface area contributed by atoms with Gasteiger partial charge in [0.25, 0.3) is 0 Å². The second kappa shape index (κ2) is 6.65. The predicted molar refractivity (Wildman–Crippen MR) is 112 cm³/mol. The average Bonchev–Trinajstić information content (AvgIpc) is 3.26. The molecule has 29 heavy (non-hydrogen) atoms.